The van der Waals surface area contributed by atoms with Gasteiger partial charge in [-0.3, -0.25) is 4.79 Å². The van der Waals surface area contributed by atoms with Gasteiger partial charge in [0.25, 0.3) is 0 Å². The lowest BCUT2D eigenvalue weighted by atomic mass is 10.2. The van der Waals surface area contributed by atoms with Crippen LogP contribution in [0.5, 0.6) is 5.75 Å². The first-order chi connectivity index (χ1) is 6.74. The number of carbonyl (C=O) groups is 1. The number of rotatable bonds is 5. The van der Waals surface area contributed by atoms with Crippen LogP contribution in [0.3, 0.4) is 0 Å². The van der Waals surface area contributed by atoms with Gasteiger partial charge in [-0.05, 0) is 30.7 Å². The fourth-order valence-electron chi connectivity index (χ4n) is 0.960. The van der Waals surface area contributed by atoms with Gasteiger partial charge < -0.3 is 10.5 Å². The molecule has 0 atom stereocenters. The summed E-state index contributed by atoms with van der Waals surface area (Å²) in [5, 5.41) is 0.923. The zero-order chi connectivity index (χ0) is 10.4. The second-order valence-corrected chi connectivity index (χ2v) is 3.57. The highest BCUT2D eigenvalue weighted by molar-refractivity contribution is 9.09. The number of carbonyl (C=O) groups excluding carboxylic acids is 1. The van der Waals surface area contributed by atoms with Crippen LogP contribution in [0.2, 0.25) is 0 Å². The molecule has 1 amide bonds. The monoisotopic (exact) mass is 257 g/mol. The summed E-state index contributed by atoms with van der Waals surface area (Å²) in [6, 6.07) is 6.81. The molecule has 0 spiro atoms. The summed E-state index contributed by atoms with van der Waals surface area (Å²) in [6.45, 7) is 0.668. The van der Waals surface area contributed by atoms with Gasteiger partial charge in [0.1, 0.15) is 5.75 Å². The largest absolute Gasteiger partial charge is 0.494 e. The average molecular weight is 258 g/mol. The Morgan fingerprint density at radius 2 is 2.00 bits per heavy atom. The number of benzene rings is 1. The van der Waals surface area contributed by atoms with E-state index in [-0.39, 0.29) is 0 Å². The van der Waals surface area contributed by atoms with E-state index < -0.39 is 5.91 Å². The molecule has 0 aliphatic heterocycles. The molecule has 0 saturated carbocycles. The summed E-state index contributed by atoms with van der Waals surface area (Å²) >= 11 is 3.31. The number of alkyl halides is 1. The van der Waals surface area contributed by atoms with Crippen molar-refractivity contribution in [1.82, 2.24) is 0 Å². The molecular weight excluding hydrogens is 246 g/mol. The van der Waals surface area contributed by atoms with Crippen LogP contribution in [0, 0.1) is 0 Å². The number of hydrogen-bond acceptors (Lipinski definition) is 2. The Morgan fingerprint density at radius 1 is 1.36 bits per heavy atom. The van der Waals surface area contributed by atoms with E-state index in [9.17, 15) is 4.79 Å². The predicted octanol–water partition coefficient (Wildman–Crippen LogP) is 1.95. The lowest BCUT2D eigenvalue weighted by Gasteiger charge is -2.04. The average Bonchev–Trinajstić information content (AvgIpc) is 2.19. The molecule has 4 heteroatoms. The number of nitrogens with two attached hydrogens (primary N) is 1. The third kappa shape index (κ3) is 3.38. The van der Waals surface area contributed by atoms with Crippen LogP contribution in [0.25, 0.3) is 0 Å². The Hall–Kier alpha value is -1.03. The molecule has 0 aromatic heterocycles. The maximum Gasteiger partial charge on any atom is 0.248 e. The summed E-state index contributed by atoms with van der Waals surface area (Å²) in [5.74, 6) is 0.341. The van der Waals surface area contributed by atoms with E-state index in [4.69, 9.17) is 10.5 Å². The minimum Gasteiger partial charge on any atom is -0.494 e. The van der Waals surface area contributed by atoms with Gasteiger partial charge in [-0.25, -0.2) is 0 Å². The summed E-state index contributed by atoms with van der Waals surface area (Å²) in [6.07, 6.45) is 0.956. The summed E-state index contributed by atoms with van der Waals surface area (Å²) in [7, 11) is 0. The van der Waals surface area contributed by atoms with Crippen molar-refractivity contribution in [3.05, 3.63) is 29.8 Å². The maximum absolute atomic E-state index is 10.7. The van der Waals surface area contributed by atoms with E-state index in [0.29, 0.717) is 12.2 Å². The van der Waals surface area contributed by atoms with Crippen LogP contribution < -0.4 is 10.5 Å². The Labute approximate surface area is 91.4 Å². The molecule has 0 bridgehead atoms. The van der Waals surface area contributed by atoms with Crippen molar-refractivity contribution in [2.45, 2.75) is 6.42 Å². The smallest absolute Gasteiger partial charge is 0.248 e. The number of amides is 1. The van der Waals surface area contributed by atoms with Crippen molar-refractivity contribution in [3.8, 4) is 5.75 Å². The van der Waals surface area contributed by atoms with Gasteiger partial charge in [0, 0.05) is 10.9 Å². The molecular formula is C10H12BrNO2. The second kappa shape index (κ2) is 5.65. The predicted molar refractivity (Wildman–Crippen MR) is 58.9 cm³/mol. The van der Waals surface area contributed by atoms with E-state index in [1.165, 1.54) is 0 Å². The minimum absolute atomic E-state index is 0.419. The van der Waals surface area contributed by atoms with E-state index in [0.717, 1.165) is 17.5 Å². The third-order valence-electron chi connectivity index (χ3n) is 1.69. The molecule has 1 aromatic rings. The Bertz CT molecular complexity index is 297. The number of ether oxygens (including phenoxy) is 1. The maximum atomic E-state index is 10.7. The first kappa shape index (κ1) is 11.0. The fourth-order valence-corrected chi connectivity index (χ4v) is 1.19. The van der Waals surface area contributed by atoms with Crippen LogP contribution in [0.15, 0.2) is 24.3 Å². The van der Waals surface area contributed by atoms with Crippen LogP contribution in [-0.2, 0) is 0 Å². The Kier molecular flexibility index (Phi) is 4.46. The van der Waals surface area contributed by atoms with Crippen molar-refractivity contribution >= 4 is 21.8 Å². The standard InChI is InChI=1S/C10H12BrNO2/c11-6-1-7-14-9-4-2-8(3-5-9)10(12)13/h2-5H,1,6-7H2,(H2,12,13). The van der Waals surface area contributed by atoms with Crippen LogP contribution >= 0.6 is 15.9 Å². The molecule has 0 aliphatic rings. The van der Waals surface area contributed by atoms with E-state index in [1.807, 2.05) is 0 Å². The second-order valence-electron chi connectivity index (χ2n) is 2.78. The molecule has 1 rings (SSSR count). The Balaban J connectivity index is 2.51. The lowest BCUT2D eigenvalue weighted by molar-refractivity contribution is 0.100. The molecule has 2 N–H and O–H groups in total. The van der Waals surface area contributed by atoms with Crippen molar-refractivity contribution in [2.75, 3.05) is 11.9 Å². The normalized spacial score (nSPS) is 9.79. The number of hydrogen-bond donors (Lipinski definition) is 1. The molecule has 0 aliphatic carbocycles. The van der Waals surface area contributed by atoms with Gasteiger partial charge in [-0.2, -0.15) is 0 Å². The fraction of sp³-hybridized carbons (Fsp3) is 0.300. The summed E-state index contributed by atoms with van der Waals surface area (Å²) < 4.78 is 5.40. The van der Waals surface area contributed by atoms with E-state index in [1.54, 1.807) is 24.3 Å². The highest BCUT2D eigenvalue weighted by Crippen LogP contribution is 2.12. The zero-order valence-electron chi connectivity index (χ0n) is 7.70. The third-order valence-corrected chi connectivity index (χ3v) is 2.25. The van der Waals surface area contributed by atoms with E-state index >= 15 is 0 Å². The highest BCUT2D eigenvalue weighted by atomic mass is 79.9. The number of primary amides is 1. The molecule has 0 saturated heterocycles. The zero-order valence-corrected chi connectivity index (χ0v) is 9.29. The van der Waals surface area contributed by atoms with Crippen LogP contribution in [0.4, 0.5) is 0 Å². The van der Waals surface area contributed by atoms with Crippen LogP contribution in [-0.4, -0.2) is 17.8 Å². The molecule has 0 radical (unpaired) electrons. The van der Waals surface area contributed by atoms with E-state index in [2.05, 4.69) is 15.9 Å². The van der Waals surface area contributed by atoms with Gasteiger partial charge in [0.05, 0.1) is 6.61 Å². The minimum atomic E-state index is -0.419. The first-order valence-corrected chi connectivity index (χ1v) is 5.45. The highest BCUT2D eigenvalue weighted by Gasteiger charge is 1.99. The van der Waals surface area contributed by atoms with Crippen molar-refractivity contribution in [2.24, 2.45) is 5.73 Å². The molecule has 0 heterocycles. The molecule has 1 aromatic carbocycles. The van der Waals surface area contributed by atoms with Gasteiger partial charge in [-0.15, -0.1) is 0 Å². The van der Waals surface area contributed by atoms with Gasteiger partial charge >= 0.3 is 0 Å². The van der Waals surface area contributed by atoms with Crippen molar-refractivity contribution in [3.63, 3.8) is 0 Å². The van der Waals surface area contributed by atoms with Crippen molar-refractivity contribution in [1.29, 1.82) is 0 Å². The SMILES string of the molecule is NC(=O)c1ccc(OCCCBr)cc1. The van der Waals surface area contributed by atoms with Crippen LogP contribution in [0.1, 0.15) is 16.8 Å². The Morgan fingerprint density at radius 3 is 2.50 bits per heavy atom. The quantitative estimate of drug-likeness (QED) is 0.648. The molecule has 0 unspecified atom stereocenters. The van der Waals surface area contributed by atoms with Gasteiger partial charge in [0.15, 0.2) is 0 Å². The molecule has 76 valence electrons. The van der Waals surface area contributed by atoms with Gasteiger partial charge in [-0.1, -0.05) is 15.9 Å². The van der Waals surface area contributed by atoms with Crippen molar-refractivity contribution < 1.29 is 9.53 Å². The topological polar surface area (TPSA) is 52.3 Å². The summed E-state index contributed by atoms with van der Waals surface area (Å²) in [5.41, 5.74) is 5.60. The summed E-state index contributed by atoms with van der Waals surface area (Å²) in [4.78, 5) is 10.7. The first-order valence-electron chi connectivity index (χ1n) is 4.32. The lowest BCUT2D eigenvalue weighted by Crippen LogP contribution is -2.10. The molecule has 3 nitrogen and oxygen atoms in total. The molecule has 0 fully saturated rings. The molecule has 14 heavy (non-hydrogen) atoms. The van der Waals surface area contributed by atoms with Gasteiger partial charge in [0.2, 0.25) is 5.91 Å². The number of halogens is 1.